The highest BCUT2D eigenvalue weighted by atomic mass is 35.5. The van der Waals surface area contributed by atoms with E-state index in [0.29, 0.717) is 11.1 Å². The fourth-order valence-corrected chi connectivity index (χ4v) is 2.55. The predicted octanol–water partition coefficient (Wildman–Crippen LogP) is 2.61. The topological polar surface area (TPSA) is 32.3 Å². The number of hydrogen-bond acceptors (Lipinski definition) is 4. The van der Waals surface area contributed by atoms with Gasteiger partial charge in [-0.3, -0.25) is 0 Å². The van der Waals surface area contributed by atoms with E-state index in [0.717, 1.165) is 44.8 Å². The minimum Gasteiger partial charge on any atom is -0.341 e. The van der Waals surface area contributed by atoms with Gasteiger partial charge in [0, 0.05) is 32.7 Å². The molecule has 1 aromatic rings. The zero-order valence-corrected chi connectivity index (χ0v) is 12.2. The average Bonchev–Trinajstić information content (AvgIpc) is 2.46. The molecule has 1 aliphatic heterocycles. The Morgan fingerprint density at radius 2 is 2.05 bits per heavy atom. The van der Waals surface area contributed by atoms with E-state index >= 15 is 0 Å². The Bertz CT molecular complexity index is 398. The summed E-state index contributed by atoms with van der Waals surface area (Å²) >= 11 is 5.81. The molecular formula is C14H21ClN4. The maximum absolute atomic E-state index is 5.81. The molecule has 0 bridgehead atoms. The van der Waals surface area contributed by atoms with Crippen LogP contribution in [0.25, 0.3) is 0 Å². The van der Waals surface area contributed by atoms with Gasteiger partial charge in [-0.2, -0.15) is 0 Å². The molecule has 104 valence electrons. The maximum Gasteiger partial charge on any atom is 0.225 e. The van der Waals surface area contributed by atoms with Crippen molar-refractivity contribution in [2.24, 2.45) is 0 Å². The van der Waals surface area contributed by atoms with E-state index in [1.165, 1.54) is 0 Å². The second kappa shape index (κ2) is 6.87. The molecule has 0 atom stereocenters. The summed E-state index contributed by atoms with van der Waals surface area (Å²) < 4.78 is 0. The SMILES string of the molecule is C=CCCN1CCC(N(C)c2ncc(Cl)cn2)CC1. The normalized spacial score (nSPS) is 17.4. The van der Waals surface area contributed by atoms with Crippen LogP contribution in [0.1, 0.15) is 19.3 Å². The third-order valence-electron chi connectivity index (χ3n) is 3.68. The van der Waals surface area contributed by atoms with Gasteiger partial charge in [-0.1, -0.05) is 17.7 Å². The molecule has 19 heavy (non-hydrogen) atoms. The quantitative estimate of drug-likeness (QED) is 0.776. The van der Waals surface area contributed by atoms with Gasteiger partial charge in [0.25, 0.3) is 0 Å². The van der Waals surface area contributed by atoms with E-state index in [1.807, 2.05) is 6.08 Å². The second-order valence-electron chi connectivity index (χ2n) is 4.96. The van der Waals surface area contributed by atoms with Crippen LogP contribution in [0.4, 0.5) is 5.95 Å². The number of aromatic nitrogens is 2. The summed E-state index contributed by atoms with van der Waals surface area (Å²) in [6, 6.07) is 0.515. The summed E-state index contributed by atoms with van der Waals surface area (Å²) in [5, 5.41) is 0.580. The molecule has 0 aliphatic carbocycles. The van der Waals surface area contributed by atoms with Crippen molar-refractivity contribution in [3.05, 3.63) is 30.1 Å². The van der Waals surface area contributed by atoms with Gasteiger partial charge in [0.1, 0.15) is 0 Å². The van der Waals surface area contributed by atoms with E-state index in [2.05, 4.69) is 33.4 Å². The van der Waals surface area contributed by atoms with E-state index in [-0.39, 0.29) is 0 Å². The van der Waals surface area contributed by atoms with Gasteiger partial charge >= 0.3 is 0 Å². The van der Waals surface area contributed by atoms with Crippen molar-refractivity contribution >= 4 is 17.5 Å². The number of piperidine rings is 1. The summed E-state index contributed by atoms with van der Waals surface area (Å²) in [4.78, 5) is 13.2. The fraction of sp³-hybridized carbons (Fsp3) is 0.571. The van der Waals surface area contributed by atoms with Crippen LogP contribution in [0, 0.1) is 0 Å². The van der Waals surface area contributed by atoms with E-state index in [1.54, 1.807) is 12.4 Å². The molecule has 0 spiro atoms. The summed E-state index contributed by atoms with van der Waals surface area (Å²) in [6.45, 7) is 7.17. The van der Waals surface area contributed by atoms with Gasteiger partial charge < -0.3 is 9.80 Å². The molecule has 0 unspecified atom stereocenters. The van der Waals surface area contributed by atoms with E-state index in [9.17, 15) is 0 Å². The number of nitrogens with zero attached hydrogens (tertiary/aromatic N) is 4. The molecule has 1 aromatic heterocycles. The molecule has 1 fully saturated rings. The first-order valence-electron chi connectivity index (χ1n) is 6.74. The zero-order valence-electron chi connectivity index (χ0n) is 11.4. The van der Waals surface area contributed by atoms with Crippen molar-refractivity contribution in [3.63, 3.8) is 0 Å². The van der Waals surface area contributed by atoms with Gasteiger partial charge in [-0.05, 0) is 19.3 Å². The summed E-state index contributed by atoms with van der Waals surface area (Å²) in [7, 11) is 2.06. The number of rotatable bonds is 5. The molecule has 1 aliphatic rings. The Morgan fingerprint density at radius 3 is 2.63 bits per heavy atom. The van der Waals surface area contributed by atoms with E-state index < -0.39 is 0 Å². The number of likely N-dealkylation sites (tertiary alicyclic amines) is 1. The van der Waals surface area contributed by atoms with Crippen molar-refractivity contribution in [2.45, 2.75) is 25.3 Å². The Kier molecular flexibility index (Phi) is 5.16. The van der Waals surface area contributed by atoms with E-state index in [4.69, 9.17) is 11.6 Å². The van der Waals surface area contributed by atoms with Crippen LogP contribution in [0.3, 0.4) is 0 Å². The highest BCUT2D eigenvalue weighted by Crippen LogP contribution is 2.19. The smallest absolute Gasteiger partial charge is 0.225 e. The third kappa shape index (κ3) is 3.91. The van der Waals surface area contributed by atoms with Crippen molar-refractivity contribution in [1.29, 1.82) is 0 Å². The summed E-state index contributed by atoms with van der Waals surface area (Å²) in [5.41, 5.74) is 0. The fourth-order valence-electron chi connectivity index (χ4n) is 2.46. The molecule has 4 nitrogen and oxygen atoms in total. The lowest BCUT2D eigenvalue weighted by atomic mass is 10.0. The lowest BCUT2D eigenvalue weighted by Crippen LogP contribution is -2.44. The molecule has 0 N–H and O–H groups in total. The molecule has 0 radical (unpaired) electrons. The lowest BCUT2D eigenvalue weighted by Gasteiger charge is -2.36. The summed E-state index contributed by atoms with van der Waals surface area (Å²) in [6.07, 6.45) is 8.67. The molecule has 0 aromatic carbocycles. The Morgan fingerprint density at radius 1 is 1.42 bits per heavy atom. The Labute approximate surface area is 120 Å². The Hall–Kier alpha value is -1.13. The second-order valence-corrected chi connectivity index (χ2v) is 5.40. The first-order valence-corrected chi connectivity index (χ1v) is 7.12. The van der Waals surface area contributed by atoms with Crippen LogP contribution < -0.4 is 4.90 Å². The van der Waals surface area contributed by atoms with Gasteiger partial charge in [0.2, 0.25) is 5.95 Å². The lowest BCUT2D eigenvalue weighted by molar-refractivity contribution is 0.214. The number of anilines is 1. The van der Waals surface area contributed by atoms with Gasteiger partial charge in [0.05, 0.1) is 17.4 Å². The van der Waals surface area contributed by atoms with Crippen molar-refractivity contribution < 1.29 is 0 Å². The number of hydrogen-bond donors (Lipinski definition) is 0. The first-order chi connectivity index (χ1) is 9.20. The molecule has 2 rings (SSSR count). The zero-order chi connectivity index (χ0) is 13.7. The Balaban J connectivity index is 1.86. The van der Waals surface area contributed by atoms with Crippen molar-refractivity contribution in [3.8, 4) is 0 Å². The van der Waals surface area contributed by atoms with Gasteiger partial charge in [-0.15, -0.1) is 6.58 Å². The standard InChI is InChI=1S/C14H21ClN4/c1-3-4-7-19-8-5-13(6-9-19)18(2)14-16-10-12(15)11-17-14/h3,10-11,13H,1,4-9H2,2H3. The molecule has 0 saturated carbocycles. The minimum atomic E-state index is 0.515. The predicted molar refractivity (Wildman–Crippen MR) is 79.7 cm³/mol. The van der Waals surface area contributed by atoms with Crippen LogP contribution in [0.2, 0.25) is 5.02 Å². The van der Waals surface area contributed by atoms with Crippen LogP contribution >= 0.6 is 11.6 Å². The van der Waals surface area contributed by atoms with Crippen LogP contribution in [-0.2, 0) is 0 Å². The molecular weight excluding hydrogens is 260 g/mol. The molecule has 5 heteroatoms. The van der Waals surface area contributed by atoms with Crippen molar-refractivity contribution in [2.75, 3.05) is 31.6 Å². The first kappa shape index (κ1) is 14.3. The van der Waals surface area contributed by atoms with Crippen LogP contribution in [-0.4, -0.2) is 47.6 Å². The average molecular weight is 281 g/mol. The molecule has 1 saturated heterocycles. The highest BCUT2D eigenvalue weighted by Gasteiger charge is 2.23. The van der Waals surface area contributed by atoms with Gasteiger partial charge in [0.15, 0.2) is 0 Å². The molecule has 0 amide bonds. The number of halogens is 1. The minimum absolute atomic E-state index is 0.515. The van der Waals surface area contributed by atoms with Crippen LogP contribution in [0.15, 0.2) is 25.0 Å². The van der Waals surface area contributed by atoms with Crippen LogP contribution in [0.5, 0.6) is 0 Å². The maximum atomic E-state index is 5.81. The monoisotopic (exact) mass is 280 g/mol. The van der Waals surface area contributed by atoms with Crippen molar-refractivity contribution in [1.82, 2.24) is 14.9 Å². The summed E-state index contributed by atoms with van der Waals surface area (Å²) in [5.74, 6) is 0.758. The van der Waals surface area contributed by atoms with Gasteiger partial charge in [-0.25, -0.2) is 9.97 Å². The molecule has 2 heterocycles. The highest BCUT2D eigenvalue weighted by molar-refractivity contribution is 6.30. The third-order valence-corrected chi connectivity index (χ3v) is 3.87. The largest absolute Gasteiger partial charge is 0.341 e.